The number of H-pyrrole nitrogens is 1. The van der Waals surface area contributed by atoms with Crippen molar-refractivity contribution in [3.05, 3.63) is 47.8 Å². The summed E-state index contributed by atoms with van der Waals surface area (Å²) >= 11 is 0. The molecule has 1 aliphatic carbocycles. The molecule has 8 heteroatoms. The van der Waals surface area contributed by atoms with Crippen LogP contribution in [0, 0.1) is 23.2 Å². The Hall–Kier alpha value is -3.47. The molecule has 1 fully saturated rings. The molecular weight excluding hydrogens is 366 g/mol. The van der Waals surface area contributed by atoms with Crippen LogP contribution in [0.5, 0.6) is 5.88 Å². The van der Waals surface area contributed by atoms with Crippen molar-refractivity contribution in [3.63, 3.8) is 0 Å². The normalized spacial score (nSPS) is 21.9. The highest BCUT2D eigenvalue weighted by Crippen LogP contribution is 2.37. The molecule has 8 nitrogen and oxygen atoms in total. The molecular formula is C21H23N7O. The SMILES string of the molecule is C=N/N=c1/cnc2[nH]ccc2n1CC1CC(Oc2ccc(C#N)cn2)C[C@H]1CC. The quantitative estimate of drug-likeness (QED) is 0.517. The predicted octanol–water partition coefficient (Wildman–Crippen LogP) is 3.03. The number of nitriles is 1. The molecule has 2 unspecified atom stereocenters. The molecule has 4 rings (SSSR count). The predicted molar refractivity (Wildman–Crippen MR) is 109 cm³/mol. The molecule has 1 saturated carbocycles. The average molecular weight is 389 g/mol. The van der Waals surface area contributed by atoms with Gasteiger partial charge < -0.3 is 14.3 Å². The molecule has 3 aromatic heterocycles. The van der Waals surface area contributed by atoms with E-state index >= 15 is 0 Å². The molecule has 0 saturated heterocycles. The number of nitrogens with one attached hydrogen (secondary N) is 1. The highest BCUT2D eigenvalue weighted by atomic mass is 16.5. The van der Waals surface area contributed by atoms with Crippen molar-refractivity contribution in [2.75, 3.05) is 0 Å². The van der Waals surface area contributed by atoms with E-state index in [-0.39, 0.29) is 6.10 Å². The summed E-state index contributed by atoms with van der Waals surface area (Å²) in [6.07, 6.45) is 8.25. The maximum atomic E-state index is 8.92. The van der Waals surface area contributed by atoms with Crippen molar-refractivity contribution < 1.29 is 4.74 Å². The van der Waals surface area contributed by atoms with E-state index in [2.05, 4.69) is 49.4 Å². The number of aromatic amines is 1. The Morgan fingerprint density at radius 3 is 2.86 bits per heavy atom. The minimum absolute atomic E-state index is 0.104. The lowest BCUT2D eigenvalue weighted by Crippen LogP contribution is -2.27. The van der Waals surface area contributed by atoms with Gasteiger partial charge in [0.25, 0.3) is 0 Å². The van der Waals surface area contributed by atoms with E-state index in [9.17, 15) is 0 Å². The van der Waals surface area contributed by atoms with Gasteiger partial charge in [-0.05, 0) is 36.8 Å². The van der Waals surface area contributed by atoms with E-state index in [0.29, 0.717) is 28.8 Å². The molecule has 29 heavy (non-hydrogen) atoms. The van der Waals surface area contributed by atoms with Crippen molar-refractivity contribution in [1.29, 1.82) is 5.26 Å². The smallest absolute Gasteiger partial charge is 0.213 e. The second-order valence-corrected chi connectivity index (χ2v) is 7.32. The van der Waals surface area contributed by atoms with E-state index < -0.39 is 0 Å². The highest BCUT2D eigenvalue weighted by Gasteiger charge is 2.35. The van der Waals surface area contributed by atoms with E-state index in [0.717, 1.165) is 37.0 Å². The summed E-state index contributed by atoms with van der Waals surface area (Å²) in [7, 11) is 0. The fourth-order valence-electron chi connectivity index (χ4n) is 4.23. The lowest BCUT2D eigenvalue weighted by molar-refractivity contribution is 0.192. The van der Waals surface area contributed by atoms with Crippen LogP contribution in [-0.4, -0.2) is 32.3 Å². The van der Waals surface area contributed by atoms with Crippen LogP contribution in [0.4, 0.5) is 0 Å². The standard InChI is InChI=1S/C21H23N7O/c1-3-15-8-17(29-20-5-4-14(10-22)11-25-20)9-16(15)13-28-18-6-7-24-21(18)26-12-19(28)27-23-2/h4-7,11-12,15-17,24H,2-3,8-9,13H2,1H3/b27-19-/t15-,16?,17?/m1/s1. The monoisotopic (exact) mass is 389 g/mol. The Morgan fingerprint density at radius 1 is 1.28 bits per heavy atom. The zero-order valence-electron chi connectivity index (χ0n) is 16.3. The third kappa shape index (κ3) is 3.90. The van der Waals surface area contributed by atoms with Gasteiger partial charge in [-0.3, -0.25) is 0 Å². The molecule has 0 amide bonds. The Morgan fingerprint density at radius 2 is 2.14 bits per heavy atom. The fraction of sp³-hybridized carbons (Fsp3) is 0.381. The molecule has 148 valence electrons. The van der Waals surface area contributed by atoms with Gasteiger partial charge >= 0.3 is 0 Å². The van der Waals surface area contributed by atoms with E-state index in [1.807, 2.05) is 12.3 Å². The lowest BCUT2D eigenvalue weighted by atomic mass is 9.93. The Kier molecular flexibility index (Phi) is 5.38. The zero-order chi connectivity index (χ0) is 20.2. The van der Waals surface area contributed by atoms with Crippen LogP contribution in [0.3, 0.4) is 0 Å². The van der Waals surface area contributed by atoms with Crippen molar-refractivity contribution in [2.45, 2.75) is 38.8 Å². The van der Waals surface area contributed by atoms with Crippen molar-refractivity contribution >= 4 is 17.9 Å². The summed E-state index contributed by atoms with van der Waals surface area (Å²) in [4.78, 5) is 11.8. The number of nitrogens with zero attached hydrogens (tertiary/aromatic N) is 6. The second-order valence-electron chi connectivity index (χ2n) is 7.32. The molecule has 0 spiro atoms. The Labute approximate surface area is 168 Å². The van der Waals surface area contributed by atoms with Crippen LogP contribution in [0.15, 0.2) is 47.0 Å². The van der Waals surface area contributed by atoms with Gasteiger partial charge in [-0.2, -0.15) is 10.4 Å². The van der Waals surface area contributed by atoms with Crippen LogP contribution >= 0.6 is 0 Å². The van der Waals surface area contributed by atoms with Gasteiger partial charge in [-0.15, -0.1) is 5.10 Å². The average Bonchev–Trinajstić information content (AvgIpc) is 3.37. The van der Waals surface area contributed by atoms with Gasteiger partial charge in [-0.25, -0.2) is 9.97 Å². The van der Waals surface area contributed by atoms with Crippen molar-refractivity contribution in [2.24, 2.45) is 22.0 Å². The first-order valence-electron chi connectivity index (χ1n) is 9.77. The number of hydrogen-bond donors (Lipinski definition) is 1. The van der Waals surface area contributed by atoms with E-state index in [1.54, 1.807) is 24.5 Å². The summed E-state index contributed by atoms with van der Waals surface area (Å²) in [5.74, 6) is 1.55. The van der Waals surface area contributed by atoms with E-state index in [4.69, 9.17) is 10.00 Å². The molecule has 0 aliphatic heterocycles. The van der Waals surface area contributed by atoms with Crippen molar-refractivity contribution in [3.8, 4) is 11.9 Å². The first-order chi connectivity index (χ1) is 14.2. The summed E-state index contributed by atoms with van der Waals surface area (Å²) in [6.45, 7) is 6.52. The van der Waals surface area contributed by atoms with Gasteiger partial charge in [0.05, 0.1) is 17.3 Å². The number of hydrogen-bond acceptors (Lipinski definition) is 6. The molecule has 0 radical (unpaired) electrons. The maximum Gasteiger partial charge on any atom is 0.213 e. The minimum Gasteiger partial charge on any atom is -0.474 e. The van der Waals surface area contributed by atoms with Crippen LogP contribution in [0.25, 0.3) is 11.2 Å². The highest BCUT2D eigenvalue weighted by molar-refractivity contribution is 5.70. The molecule has 3 heterocycles. The molecule has 3 atom stereocenters. The van der Waals surface area contributed by atoms with Gasteiger partial charge in [0, 0.05) is 31.7 Å². The summed E-state index contributed by atoms with van der Waals surface area (Å²) in [5, 5.41) is 16.8. The summed E-state index contributed by atoms with van der Waals surface area (Å²) in [5.41, 5.74) is 3.06. The first-order valence-corrected chi connectivity index (χ1v) is 9.77. The largest absolute Gasteiger partial charge is 0.474 e. The minimum atomic E-state index is 0.104. The number of fused-ring (bicyclic) bond motifs is 1. The van der Waals surface area contributed by atoms with Crippen molar-refractivity contribution in [1.82, 2.24) is 19.5 Å². The molecule has 0 bridgehead atoms. The number of ether oxygens (including phenoxy) is 1. The topological polar surface area (TPSA) is 104 Å². The second kappa shape index (κ2) is 8.27. The number of aromatic nitrogens is 4. The summed E-state index contributed by atoms with van der Waals surface area (Å²) < 4.78 is 8.28. The van der Waals surface area contributed by atoms with Crippen LogP contribution in [-0.2, 0) is 6.54 Å². The molecule has 3 aromatic rings. The molecule has 0 aromatic carbocycles. The van der Waals surface area contributed by atoms with Gasteiger partial charge in [0.1, 0.15) is 12.2 Å². The van der Waals surface area contributed by atoms with E-state index in [1.165, 1.54) is 0 Å². The number of rotatable bonds is 6. The fourth-order valence-corrected chi connectivity index (χ4v) is 4.23. The van der Waals surface area contributed by atoms with Crippen LogP contribution < -0.4 is 10.2 Å². The summed E-state index contributed by atoms with van der Waals surface area (Å²) in [6, 6.07) is 7.58. The van der Waals surface area contributed by atoms with Gasteiger partial charge in [0.15, 0.2) is 11.1 Å². The van der Waals surface area contributed by atoms with Crippen LogP contribution in [0.1, 0.15) is 31.7 Å². The lowest BCUT2D eigenvalue weighted by Gasteiger charge is -2.19. The van der Waals surface area contributed by atoms with Gasteiger partial charge in [0.2, 0.25) is 5.88 Å². The first kappa shape index (κ1) is 18.9. The third-order valence-electron chi connectivity index (χ3n) is 5.65. The number of pyridine rings is 1. The Bertz CT molecular complexity index is 1110. The molecule has 1 N–H and O–H groups in total. The Balaban J connectivity index is 1.56. The third-order valence-corrected chi connectivity index (χ3v) is 5.65. The zero-order valence-corrected chi connectivity index (χ0v) is 16.3. The van der Waals surface area contributed by atoms with Crippen LogP contribution in [0.2, 0.25) is 0 Å². The van der Waals surface area contributed by atoms with Gasteiger partial charge in [-0.1, -0.05) is 13.3 Å². The molecule has 1 aliphatic rings. The maximum absolute atomic E-state index is 8.92.